The number of aliphatic hydroxyl groups is 1. The molecule has 0 aromatic heterocycles. The summed E-state index contributed by atoms with van der Waals surface area (Å²) < 4.78 is 5.31. The Morgan fingerprint density at radius 3 is 2.27 bits per heavy atom. The molecule has 0 bridgehead atoms. The van der Waals surface area contributed by atoms with E-state index in [1.807, 2.05) is 13.8 Å². The van der Waals surface area contributed by atoms with E-state index in [0.29, 0.717) is 18.6 Å². The molecule has 0 saturated carbocycles. The molecule has 1 aliphatic heterocycles. The molecule has 1 rings (SSSR count). The number of hydrogen-bond acceptors (Lipinski definition) is 3. The predicted molar refractivity (Wildman–Crippen MR) is 64.1 cm³/mol. The number of hydrogen-bond donors (Lipinski definition) is 2. The van der Waals surface area contributed by atoms with Gasteiger partial charge in [0.25, 0.3) is 5.97 Å². The van der Waals surface area contributed by atoms with Gasteiger partial charge in [-0.2, -0.15) is 0 Å². The van der Waals surface area contributed by atoms with Crippen molar-refractivity contribution in [3.63, 3.8) is 0 Å². The molecule has 4 heteroatoms. The van der Waals surface area contributed by atoms with E-state index >= 15 is 0 Å². The lowest BCUT2D eigenvalue weighted by atomic mass is 10.00. The molecule has 1 aliphatic rings. The van der Waals surface area contributed by atoms with Gasteiger partial charge in [-0.05, 0) is 25.7 Å². The highest BCUT2D eigenvalue weighted by molar-refractivity contribution is 5.62. The number of carboxylic acid groups (broad SMARTS) is 1. The van der Waals surface area contributed by atoms with Crippen LogP contribution in [-0.4, -0.2) is 35.5 Å². The zero-order valence-electron chi connectivity index (χ0n) is 10.2. The van der Waals surface area contributed by atoms with Crippen LogP contribution >= 0.6 is 0 Å². The molecular formula is C11H28O4. The fourth-order valence-electron chi connectivity index (χ4n) is 1.32. The van der Waals surface area contributed by atoms with Crippen molar-refractivity contribution in [2.24, 2.45) is 5.92 Å². The van der Waals surface area contributed by atoms with Crippen molar-refractivity contribution in [2.45, 2.75) is 46.6 Å². The number of aliphatic carboxylic acids is 1. The van der Waals surface area contributed by atoms with Crippen LogP contribution in [-0.2, 0) is 9.53 Å². The van der Waals surface area contributed by atoms with Gasteiger partial charge in [0.2, 0.25) is 0 Å². The quantitative estimate of drug-likeness (QED) is 0.756. The highest BCUT2D eigenvalue weighted by atomic mass is 16.5. The lowest BCUT2D eigenvalue weighted by Crippen LogP contribution is -2.12. The number of ether oxygens (including phenoxy) is 1. The van der Waals surface area contributed by atoms with E-state index in [1.54, 1.807) is 0 Å². The maximum atomic E-state index is 9.00. The monoisotopic (exact) mass is 224 g/mol. The normalized spacial score (nSPS) is 23.3. The van der Waals surface area contributed by atoms with Crippen molar-refractivity contribution in [3.05, 3.63) is 0 Å². The van der Waals surface area contributed by atoms with Gasteiger partial charge in [-0.25, -0.2) is 0 Å². The van der Waals surface area contributed by atoms with Crippen LogP contribution in [0.1, 0.15) is 43.4 Å². The highest BCUT2D eigenvalue weighted by Crippen LogP contribution is 2.22. The van der Waals surface area contributed by atoms with Gasteiger partial charge in [0.15, 0.2) is 0 Å². The van der Waals surface area contributed by atoms with E-state index in [0.717, 1.165) is 26.4 Å². The molecule has 1 fully saturated rings. The first-order valence-electron chi connectivity index (χ1n) is 5.50. The smallest absolute Gasteiger partial charge is 0.300 e. The molecule has 0 aromatic rings. The van der Waals surface area contributed by atoms with Crippen molar-refractivity contribution in [2.75, 3.05) is 13.2 Å². The van der Waals surface area contributed by atoms with Crippen LogP contribution in [0.25, 0.3) is 0 Å². The van der Waals surface area contributed by atoms with Crippen LogP contribution in [0.3, 0.4) is 0 Å². The molecule has 0 aliphatic carbocycles. The Morgan fingerprint density at radius 1 is 1.53 bits per heavy atom. The highest BCUT2D eigenvalue weighted by Gasteiger charge is 2.22. The predicted octanol–water partition coefficient (Wildman–Crippen LogP) is 2.40. The Balaban J connectivity index is -0.0000000925. The summed E-state index contributed by atoms with van der Waals surface area (Å²) in [5.74, 6) is -0.227. The first-order valence-corrected chi connectivity index (χ1v) is 5.50. The van der Waals surface area contributed by atoms with Gasteiger partial charge in [-0.15, -0.1) is 0 Å². The van der Waals surface area contributed by atoms with Crippen LogP contribution in [0.15, 0.2) is 0 Å². The SMILES string of the molecule is CC.CC(=O)O.CC1OCCC1CCO.[HH].[HH]. The number of aliphatic hydroxyl groups excluding tert-OH is 1. The molecule has 2 unspecified atom stereocenters. The number of carboxylic acids is 1. The largest absolute Gasteiger partial charge is 0.481 e. The average Bonchev–Trinajstić information content (AvgIpc) is 2.55. The van der Waals surface area contributed by atoms with Gasteiger partial charge in [0.05, 0.1) is 6.10 Å². The minimum absolute atomic E-state index is 0. The van der Waals surface area contributed by atoms with E-state index in [2.05, 4.69) is 6.92 Å². The van der Waals surface area contributed by atoms with Crippen molar-refractivity contribution < 1.29 is 22.6 Å². The van der Waals surface area contributed by atoms with Gasteiger partial charge < -0.3 is 14.9 Å². The van der Waals surface area contributed by atoms with Crippen LogP contribution < -0.4 is 0 Å². The van der Waals surface area contributed by atoms with E-state index in [4.69, 9.17) is 19.7 Å². The van der Waals surface area contributed by atoms with Gasteiger partial charge >= 0.3 is 0 Å². The van der Waals surface area contributed by atoms with Crippen molar-refractivity contribution in [1.29, 1.82) is 0 Å². The summed E-state index contributed by atoms with van der Waals surface area (Å²) in [7, 11) is 0. The Bertz CT molecular complexity index is 152. The van der Waals surface area contributed by atoms with Crippen molar-refractivity contribution >= 4 is 5.97 Å². The van der Waals surface area contributed by atoms with E-state index in [-0.39, 0.29) is 2.85 Å². The molecule has 2 atom stereocenters. The van der Waals surface area contributed by atoms with Gasteiger partial charge in [-0.1, -0.05) is 13.8 Å². The second kappa shape index (κ2) is 11.5. The molecule has 1 saturated heterocycles. The van der Waals surface area contributed by atoms with Crippen LogP contribution in [0.2, 0.25) is 0 Å². The fourth-order valence-corrected chi connectivity index (χ4v) is 1.32. The molecule has 96 valence electrons. The Morgan fingerprint density at radius 2 is 2.00 bits per heavy atom. The summed E-state index contributed by atoms with van der Waals surface area (Å²) >= 11 is 0. The summed E-state index contributed by atoms with van der Waals surface area (Å²) in [5, 5.41) is 16.0. The van der Waals surface area contributed by atoms with E-state index < -0.39 is 5.97 Å². The second-order valence-electron chi connectivity index (χ2n) is 3.16. The third-order valence-corrected chi connectivity index (χ3v) is 2.03. The van der Waals surface area contributed by atoms with Gasteiger partial charge in [0.1, 0.15) is 0 Å². The lowest BCUT2D eigenvalue weighted by Gasteiger charge is -2.10. The lowest BCUT2D eigenvalue weighted by molar-refractivity contribution is -0.134. The molecule has 2 N–H and O–H groups in total. The second-order valence-corrected chi connectivity index (χ2v) is 3.16. The van der Waals surface area contributed by atoms with Gasteiger partial charge in [0, 0.05) is 23.0 Å². The molecule has 15 heavy (non-hydrogen) atoms. The van der Waals surface area contributed by atoms with Crippen LogP contribution in [0.5, 0.6) is 0 Å². The maximum absolute atomic E-state index is 9.00. The molecule has 0 spiro atoms. The summed E-state index contributed by atoms with van der Waals surface area (Å²) in [6.07, 6.45) is 2.40. The number of rotatable bonds is 2. The zero-order valence-corrected chi connectivity index (χ0v) is 10.2. The summed E-state index contributed by atoms with van der Waals surface area (Å²) in [6.45, 7) is 8.34. The maximum Gasteiger partial charge on any atom is 0.300 e. The minimum atomic E-state index is -0.833. The van der Waals surface area contributed by atoms with Crippen LogP contribution in [0.4, 0.5) is 0 Å². The summed E-state index contributed by atoms with van der Waals surface area (Å²) in [6, 6.07) is 0. The molecule has 0 radical (unpaired) electrons. The molecule has 4 nitrogen and oxygen atoms in total. The van der Waals surface area contributed by atoms with E-state index in [9.17, 15) is 0 Å². The van der Waals surface area contributed by atoms with Crippen molar-refractivity contribution in [3.8, 4) is 0 Å². The number of carbonyl (C=O) groups is 1. The van der Waals surface area contributed by atoms with E-state index in [1.165, 1.54) is 0 Å². The summed E-state index contributed by atoms with van der Waals surface area (Å²) in [5.41, 5.74) is 0. The topological polar surface area (TPSA) is 66.8 Å². The Labute approximate surface area is 95.2 Å². The zero-order chi connectivity index (χ0) is 12.3. The van der Waals surface area contributed by atoms with Crippen LogP contribution in [0, 0.1) is 5.92 Å². The molecule has 1 heterocycles. The fraction of sp³-hybridized carbons (Fsp3) is 0.909. The third-order valence-electron chi connectivity index (χ3n) is 2.03. The van der Waals surface area contributed by atoms with Gasteiger partial charge in [-0.3, -0.25) is 4.79 Å². The minimum Gasteiger partial charge on any atom is -0.481 e. The third kappa shape index (κ3) is 11.3. The Kier molecular flexibility index (Phi) is 12.8. The molecular weight excluding hydrogens is 196 g/mol. The molecule has 0 amide bonds. The first kappa shape index (κ1) is 16.8. The Hall–Kier alpha value is -0.610. The standard InChI is InChI=1S/C7H14O2.C2H4O2.C2H6.2H2/c1-6-7(2-4-8)3-5-9-6;1-2(3)4;1-2;;/h6-8H,2-5H2,1H3;1H3,(H,3,4);1-2H3;2*1H. The van der Waals surface area contributed by atoms with Crippen molar-refractivity contribution in [1.82, 2.24) is 0 Å². The average molecular weight is 224 g/mol. The summed E-state index contributed by atoms with van der Waals surface area (Å²) in [4.78, 5) is 9.00. The molecule has 0 aromatic carbocycles. The first-order chi connectivity index (χ1) is 7.07.